The van der Waals surface area contributed by atoms with Gasteiger partial charge in [-0.3, -0.25) is 0 Å². The van der Waals surface area contributed by atoms with Gasteiger partial charge in [0.15, 0.2) is 17.5 Å². The molecule has 2 heterocycles. The van der Waals surface area contributed by atoms with Crippen LogP contribution in [0.15, 0.2) is 206 Å². The molecule has 0 aliphatic heterocycles. The fourth-order valence-corrected chi connectivity index (χ4v) is 9.10. The van der Waals surface area contributed by atoms with Crippen molar-refractivity contribution >= 4 is 21.8 Å². The molecule has 0 atom stereocenters. The van der Waals surface area contributed by atoms with Crippen molar-refractivity contribution in [2.45, 2.75) is 13.8 Å². The topological polar surface area (TPSA) is 91.2 Å². The lowest BCUT2D eigenvalue weighted by molar-refractivity contribution is 1.07. The van der Waals surface area contributed by atoms with E-state index in [-0.39, 0.29) is 0 Å². The number of fused-ring (bicyclic) bond motifs is 3. The van der Waals surface area contributed by atoms with Crippen molar-refractivity contribution in [1.82, 2.24) is 19.5 Å². The third kappa shape index (κ3) is 7.49. The Morgan fingerprint density at radius 2 is 0.716 bits per heavy atom. The van der Waals surface area contributed by atoms with Crippen LogP contribution in [-0.2, 0) is 0 Å². The number of benzene rings is 9. The summed E-state index contributed by atoms with van der Waals surface area (Å²) in [7, 11) is 0. The maximum absolute atomic E-state index is 10.8. The van der Waals surface area contributed by atoms with Crippen LogP contribution in [-0.4, -0.2) is 19.5 Å². The Balaban J connectivity index is 1.28. The van der Waals surface area contributed by atoms with Crippen LogP contribution in [0.3, 0.4) is 0 Å². The van der Waals surface area contributed by atoms with Crippen LogP contribution in [0.4, 0.5) is 0 Å². The van der Waals surface area contributed by atoms with E-state index >= 15 is 0 Å². The van der Waals surface area contributed by atoms with Crippen LogP contribution in [0.1, 0.15) is 22.3 Å². The molecule has 0 aliphatic rings. The van der Waals surface area contributed by atoms with E-state index in [0.717, 1.165) is 83.1 Å². The minimum absolute atomic E-state index is 0.457. The second kappa shape index (κ2) is 17.0. The third-order valence-electron chi connectivity index (χ3n) is 12.5. The molecule has 67 heavy (non-hydrogen) atoms. The van der Waals surface area contributed by atoms with E-state index in [0.29, 0.717) is 34.2 Å². The van der Waals surface area contributed by atoms with Gasteiger partial charge in [-0.25, -0.2) is 15.0 Å². The van der Waals surface area contributed by atoms with Gasteiger partial charge < -0.3 is 4.57 Å². The standard InChI is InChI=1S/C61H40N6/c1-39-21-25-41(26-22-39)45-29-31-56-52(33-45)53-34-46(42-27-23-40(2)24-28-42)30-32-57(53)67(56)58-54(50-19-11-9-17-47(50)37-62)35-49(36-55(58)51-20-12-10-18-48(51)38-63)61-65-59(43-13-5-3-6-14-43)64-60(66-61)44-15-7-4-8-16-44/h3-36H,1-2H3. The molecule has 0 radical (unpaired) electrons. The Bertz CT molecular complexity index is 3520. The van der Waals surface area contributed by atoms with E-state index in [1.165, 1.54) is 11.1 Å². The first-order valence-corrected chi connectivity index (χ1v) is 22.2. The smallest absolute Gasteiger partial charge is 0.164 e. The van der Waals surface area contributed by atoms with Crippen LogP contribution in [0.5, 0.6) is 0 Å². The highest BCUT2D eigenvalue weighted by atomic mass is 15.0. The van der Waals surface area contributed by atoms with Gasteiger partial charge in [0, 0.05) is 49.7 Å². The monoisotopic (exact) mass is 856 g/mol. The summed E-state index contributed by atoms with van der Waals surface area (Å²) in [6.45, 7) is 4.21. The molecule has 6 heteroatoms. The molecular weight excluding hydrogens is 817 g/mol. The van der Waals surface area contributed by atoms with Gasteiger partial charge in [0.05, 0.1) is 40.0 Å². The summed E-state index contributed by atoms with van der Waals surface area (Å²) in [5.41, 5.74) is 16.1. The van der Waals surface area contributed by atoms with Crippen LogP contribution >= 0.6 is 0 Å². The Labute approximate surface area is 389 Å². The van der Waals surface area contributed by atoms with Gasteiger partial charge in [0.1, 0.15) is 0 Å². The first kappa shape index (κ1) is 40.5. The molecule has 0 amide bonds. The minimum atomic E-state index is 0.457. The van der Waals surface area contributed by atoms with Crippen molar-refractivity contribution in [3.63, 3.8) is 0 Å². The molecule has 6 nitrogen and oxygen atoms in total. The summed E-state index contributed by atoms with van der Waals surface area (Å²) in [6, 6.07) is 75.1. The molecule has 0 N–H and O–H groups in total. The van der Waals surface area contributed by atoms with Crippen LogP contribution in [0.25, 0.3) is 106 Å². The molecule has 0 aliphatic carbocycles. The molecule has 0 saturated carbocycles. The number of hydrogen-bond acceptors (Lipinski definition) is 5. The summed E-state index contributed by atoms with van der Waals surface area (Å²) in [5.74, 6) is 1.52. The highest BCUT2D eigenvalue weighted by Gasteiger charge is 2.26. The zero-order valence-electron chi connectivity index (χ0n) is 36.8. The molecule has 0 fully saturated rings. The highest BCUT2D eigenvalue weighted by Crippen LogP contribution is 2.46. The number of hydrogen-bond donors (Lipinski definition) is 0. The molecule has 2 aromatic heterocycles. The predicted molar refractivity (Wildman–Crippen MR) is 271 cm³/mol. The largest absolute Gasteiger partial charge is 0.308 e. The number of aromatic nitrogens is 4. The van der Waals surface area contributed by atoms with Gasteiger partial charge in [-0.15, -0.1) is 0 Å². The lowest BCUT2D eigenvalue weighted by atomic mass is 9.89. The van der Waals surface area contributed by atoms with E-state index in [1.54, 1.807) is 0 Å². The van der Waals surface area contributed by atoms with Crippen molar-refractivity contribution in [1.29, 1.82) is 10.5 Å². The molecule has 0 spiro atoms. The van der Waals surface area contributed by atoms with E-state index in [1.807, 2.05) is 109 Å². The maximum atomic E-state index is 10.8. The van der Waals surface area contributed by atoms with Gasteiger partial charge in [-0.05, 0) is 84.6 Å². The number of rotatable bonds is 8. The predicted octanol–water partition coefficient (Wildman–Crippen LogP) is 15.0. The van der Waals surface area contributed by atoms with Crippen molar-refractivity contribution in [3.05, 3.63) is 229 Å². The van der Waals surface area contributed by atoms with E-state index in [2.05, 4.69) is 128 Å². The van der Waals surface area contributed by atoms with Crippen molar-refractivity contribution < 1.29 is 0 Å². The molecule has 314 valence electrons. The average molecular weight is 857 g/mol. The van der Waals surface area contributed by atoms with E-state index in [4.69, 9.17) is 15.0 Å². The zero-order valence-corrected chi connectivity index (χ0v) is 36.8. The third-order valence-corrected chi connectivity index (χ3v) is 12.5. The van der Waals surface area contributed by atoms with Crippen molar-refractivity contribution in [3.8, 4) is 96.5 Å². The average Bonchev–Trinajstić information content (AvgIpc) is 3.71. The van der Waals surface area contributed by atoms with Crippen molar-refractivity contribution in [2.75, 3.05) is 0 Å². The fourth-order valence-electron chi connectivity index (χ4n) is 9.10. The fraction of sp³-hybridized carbons (Fsp3) is 0.0328. The Morgan fingerprint density at radius 1 is 0.343 bits per heavy atom. The van der Waals surface area contributed by atoms with E-state index < -0.39 is 0 Å². The summed E-state index contributed by atoms with van der Waals surface area (Å²) < 4.78 is 2.32. The minimum Gasteiger partial charge on any atom is -0.308 e. The zero-order chi connectivity index (χ0) is 45.4. The summed E-state index contributed by atoms with van der Waals surface area (Å²) >= 11 is 0. The Morgan fingerprint density at radius 3 is 1.13 bits per heavy atom. The van der Waals surface area contributed by atoms with Gasteiger partial charge in [0.25, 0.3) is 0 Å². The molecular formula is C61H40N6. The molecule has 11 aromatic rings. The van der Waals surface area contributed by atoms with Gasteiger partial charge >= 0.3 is 0 Å². The highest BCUT2D eigenvalue weighted by molar-refractivity contribution is 6.13. The lowest BCUT2D eigenvalue weighted by Crippen LogP contribution is -2.05. The molecule has 0 bridgehead atoms. The first-order valence-electron chi connectivity index (χ1n) is 22.2. The Hall–Kier alpha value is -9.23. The van der Waals surface area contributed by atoms with Gasteiger partial charge in [-0.2, -0.15) is 10.5 Å². The second-order valence-corrected chi connectivity index (χ2v) is 16.8. The molecule has 11 rings (SSSR count). The first-order chi connectivity index (χ1) is 32.9. The van der Waals surface area contributed by atoms with Crippen LogP contribution in [0.2, 0.25) is 0 Å². The summed E-state index contributed by atoms with van der Waals surface area (Å²) in [4.78, 5) is 15.3. The maximum Gasteiger partial charge on any atom is 0.164 e. The summed E-state index contributed by atoms with van der Waals surface area (Å²) in [5, 5.41) is 23.8. The van der Waals surface area contributed by atoms with E-state index in [9.17, 15) is 10.5 Å². The van der Waals surface area contributed by atoms with Crippen molar-refractivity contribution in [2.24, 2.45) is 0 Å². The quantitative estimate of drug-likeness (QED) is 0.152. The number of aryl methyl sites for hydroxylation is 2. The van der Waals surface area contributed by atoms with Gasteiger partial charge in [-0.1, -0.05) is 169 Å². The van der Waals surface area contributed by atoms with Crippen LogP contribution < -0.4 is 0 Å². The summed E-state index contributed by atoms with van der Waals surface area (Å²) in [6.07, 6.45) is 0. The van der Waals surface area contributed by atoms with Crippen LogP contribution in [0, 0.1) is 36.5 Å². The molecule has 9 aromatic carbocycles. The number of nitrogens with zero attached hydrogens (tertiary/aromatic N) is 6. The molecule has 0 saturated heterocycles. The SMILES string of the molecule is Cc1ccc(-c2ccc3c(c2)c2cc(-c4ccc(C)cc4)ccc2n3-c2c(-c3ccccc3C#N)cc(-c3nc(-c4ccccc4)nc(-c4ccccc4)n3)cc2-c2ccccc2C#N)cc1. The lowest BCUT2D eigenvalue weighted by Gasteiger charge is -2.22. The normalized spacial score (nSPS) is 11.1. The second-order valence-electron chi connectivity index (χ2n) is 16.8. The van der Waals surface area contributed by atoms with Gasteiger partial charge in [0.2, 0.25) is 0 Å². The number of nitriles is 2. The molecule has 0 unspecified atom stereocenters. The Kier molecular flexibility index (Phi) is 10.3.